The SMILES string of the molecule is O=S(=O)(C1CC1)N1CCCC(C23CCC2CCN3)C1. The zero-order valence-electron chi connectivity index (χ0n) is 11.5. The quantitative estimate of drug-likeness (QED) is 0.850. The first kappa shape index (κ1) is 12.6. The third-order valence-electron chi connectivity index (χ3n) is 6.00. The van der Waals surface area contributed by atoms with E-state index in [4.69, 9.17) is 0 Å². The Morgan fingerprint density at radius 3 is 2.53 bits per heavy atom. The highest BCUT2D eigenvalue weighted by molar-refractivity contribution is 7.90. The summed E-state index contributed by atoms with van der Waals surface area (Å²) in [5.74, 6) is 1.37. The van der Waals surface area contributed by atoms with Crippen molar-refractivity contribution in [3.63, 3.8) is 0 Å². The molecule has 0 aromatic heterocycles. The smallest absolute Gasteiger partial charge is 0.216 e. The van der Waals surface area contributed by atoms with Crippen LogP contribution in [-0.4, -0.2) is 43.1 Å². The average Bonchev–Trinajstić information content (AvgIpc) is 3.18. The van der Waals surface area contributed by atoms with E-state index in [1.807, 2.05) is 4.31 Å². The van der Waals surface area contributed by atoms with Crippen LogP contribution in [0.5, 0.6) is 0 Å². The minimum absolute atomic E-state index is 0.0440. The number of hydrogen-bond donors (Lipinski definition) is 1. The molecule has 19 heavy (non-hydrogen) atoms. The van der Waals surface area contributed by atoms with E-state index >= 15 is 0 Å². The molecule has 0 radical (unpaired) electrons. The lowest BCUT2D eigenvalue weighted by molar-refractivity contribution is 0.0352. The van der Waals surface area contributed by atoms with Gasteiger partial charge in [0.05, 0.1) is 5.25 Å². The zero-order valence-corrected chi connectivity index (χ0v) is 12.3. The molecule has 4 aliphatic rings. The number of fused-ring (bicyclic) bond motifs is 1. The Morgan fingerprint density at radius 2 is 1.89 bits per heavy atom. The van der Waals surface area contributed by atoms with E-state index in [0.717, 1.165) is 44.8 Å². The standard InChI is InChI=1S/C14H24N2O2S/c17-19(18,13-3-4-13)16-9-1-2-12(10-16)14-7-5-11(14)6-8-15-14/h11-13,15H,1-10H2. The molecule has 4 nitrogen and oxygen atoms in total. The van der Waals surface area contributed by atoms with Crippen LogP contribution in [0.3, 0.4) is 0 Å². The van der Waals surface area contributed by atoms with Crippen molar-refractivity contribution in [2.24, 2.45) is 11.8 Å². The summed E-state index contributed by atoms with van der Waals surface area (Å²) >= 11 is 0. The normalized spacial score (nSPS) is 43.8. The lowest BCUT2D eigenvalue weighted by Crippen LogP contribution is -2.61. The van der Waals surface area contributed by atoms with Crippen molar-refractivity contribution in [2.75, 3.05) is 19.6 Å². The number of piperidine rings is 1. The molecule has 4 fully saturated rings. The largest absolute Gasteiger partial charge is 0.311 e. The molecule has 3 unspecified atom stereocenters. The van der Waals surface area contributed by atoms with Crippen molar-refractivity contribution in [3.05, 3.63) is 0 Å². The molecular weight excluding hydrogens is 260 g/mol. The fourth-order valence-electron chi connectivity index (χ4n) is 4.63. The van der Waals surface area contributed by atoms with Gasteiger partial charge in [-0.1, -0.05) is 0 Å². The summed E-state index contributed by atoms with van der Waals surface area (Å²) in [6.07, 6.45) is 7.93. The van der Waals surface area contributed by atoms with Crippen molar-refractivity contribution < 1.29 is 8.42 Å². The third-order valence-corrected chi connectivity index (χ3v) is 8.37. The van der Waals surface area contributed by atoms with Gasteiger partial charge in [0.1, 0.15) is 0 Å². The molecule has 0 spiro atoms. The average molecular weight is 284 g/mol. The van der Waals surface area contributed by atoms with Crippen LogP contribution in [0, 0.1) is 11.8 Å². The van der Waals surface area contributed by atoms with Crippen LogP contribution in [-0.2, 0) is 10.0 Å². The molecule has 2 heterocycles. The fraction of sp³-hybridized carbons (Fsp3) is 1.00. The van der Waals surface area contributed by atoms with Crippen LogP contribution in [0.4, 0.5) is 0 Å². The summed E-state index contributed by atoms with van der Waals surface area (Å²) in [6.45, 7) is 2.68. The predicted molar refractivity (Wildman–Crippen MR) is 74.3 cm³/mol. The number of rotatable bonds is 3. The molecule has 4 rings (SSSR count). The summed E-state index contributed by atoms with van der Waals surface area (Å²) in [4.78, 5) is 0. The third kappa shape index (κ3) is 1.81. The second-order valence-corrected chi connectivity index (χ2v) is 9.15. The molecule has 3 atom stereocenters. The van der Waals surface area contributed by atoms with E-state index in [9.17, 15) is 8.42 Å². The molecule has 0 bridgehead atoms. The Labute approximate surface area is 116 Å². The van der Waals surface area contributed by atoms with Gasteiger partial charge in [0.25, 0.3) is 0 Å². The number of sulfonamides is 1. The van der Waals surface area contributed by atoms with Crippen LogP contribution >= 0.6 is 0 Å². The van der Waals surface area contributed by atoms with Crippen LogP contribution in [0.2, 0.25) is 0 Å². The first-order valence-electron chi connectivity index (χ1n) is 7.87. The molecule has 0 aromatic rings. The van der Waals surface area contributed by atoms with E-state index in [1.54, 1.807) is 0 Å². The maximum absolute atomic E-state index is 12.4. The molecule has 0 aromatic carbocycles. The molecule has 5 heteroatoms. The maximum atomic E-state index is 12.4. The maximum Gasteiger partial charge on any atom is 0.216 e. The first-order valence-corrected chi connectivity index (χ1v) is 9.37. The van der Waals surface area contributed by atoms with Crippen LogP contribution < -0.4 is 5.32 Å². The van der Waals surface area contributed by atoms with Gasteiger partial charge in [-0.25, -0.2) is 12.7 Å². The summed E-state index contributed by atoms with van der Waals surface area (Å²) in [5.41, 5.74) is 0.303. The second-order valence-electron chi connectivity index (χ2n) is 6.93. The van der Waals surface area contributed by atoms with Crippen LogP contribution in [0.25, 0.3) is 0 Å². The van der Waals surface area contributed by atoms with Gasteiger partial charge in [-0.15, -0.1) is 0 Å². The van der Waals surface area contributed by atoms with Crippen LogP contribution in [0.15, 0.2) is 0 Å². The lowest BCUT2D eigenvalue weighted by Gasteiger charge is -2.53. The Kier molecular flexibility index (Phi) is 2.77. The van der Waals surface area contributed by atoms with Crippen molar-refractivity contribution >= 4 is 10.0 Å². The first-order chi connectivity index (χ1) is 9.13. The molecule has 2 aliphatic heterocycles. The van der Waals surface area contributed by atoms with Gasteiger partial charge in [0.15, 0.2) is 0 Å². The van der Waals surface area contributed by atoms with Crippen molar-refractivity contribution in [1.29, 1.82) is 0 Å². The Morgan fingerprint density at radius 1 is 1.05 bits per heavy atom. The van der Waals surface area contributed by atoms with Gasteiger partial charge in [-0.2, -0.15) is 0 Å². The van der Waals surface area contributed by atoms with Gasteiger partial charge in [-0.05, 0) is 63.3 Å². The van der Waals surface area contributed by atoms with Gasteiger partial charge < -0.3 is 5.32 Å². The molecule has 1 N–H and O–H groups in total. The minimum atomic E-state index is -2.97. The molecule has 2 saturated heterocycles. The monoisotopic (exact) mass is 284 g/mol. The highest BCUT2D eigenvalue weighted by Gasteiger charge is 2.55. The van der Waals surface area contributed by atoms with Crippen LogP contribution in [0.1, 0.15) is 44.9 Å². The predicted octanol–water partition coefficient (Wildman–Crippen LogP) is 1.33. The van der Waals surface area contributed by atoms with Crippen molar-refractivity contribution in [2.45, 2.75) is 55.7 Å². The molecule has 108 valence electrons. The second kappa shape index (κ2) is 4.18. The summed E-state index contributed by atoms with van der Waals surface area (Å²) < 4.78 is 26.7. The molecule has 2 saturated carbocycles. The Balaban J connectivity index is 1.52. The number of nitrogens with one attached hydrogen (secondary N) is 1. The summed E-state index contributed by atoms with van der Waals surface area (Å²) in [5, 5.41) is 3.69. The van der Waals surface area contributed by atoms with Gasteiger partial charge >= 0.3 is 0 Å². The molecule has 2 aliphatic carbocycles. The Hall–Kier alpha value is -0.130. The summed E-state index contributed by atoms with van der Waals surface area (Å²) in [6, 6.07) is 0. The number of hydrogen-bond acceptors (Lipinski definition) is 3. The minimum Gasteiger partial charge on any atom is -0.311 e. The van der Waals surface area contributed by atoms with E-state index in [-0.39, 0.29) is 5.25 Å². The topological polar surface area (TPSA) is 49.4 Å². The fourth-order valence-corrected chi connectivity index (χ4v) is 6.55. The van der Waals surface area contributed by atoms with Crippen molar-refractivity contribution in [3.8, 4) is 0 Å². The summed E-state index contributed by atoms with van der Waals surface area (Å²) in [7, 11) is -2.97. The van der Waals surface area contributed by atoms with E-state index in [1.165, 1.54) is 25.7 Å². The van der Waals surface area contributed by atoms with Crippen molar-refractivity contribution in [1.82, 2.24) is 9.62 Å². The van der Waals surface area contributed by atoms with E-state index in [2.05, 4.69) is 5.32 Å². The highest BCUT2D eigenvalue weighted by atomic mass is 32.2. The zero-order chi connectivity index (χ0) is 13.1. The lowest BCUT2D eigenvalue weighted by atomic mass is 9.60. The van der Waals surface area contributed by atoms with Gasteiger partial charge in [0, 0.05) is 18.6 Å². The Bertz CT molecular complexity index is 474. The van der Waals surface area contributed by atoms with E-state index < -0.39 is 10.0 Å². The van der Waals surface area contributed by atoms with Gasteiger partial charge in [0.2, 0.25) is 10.0 Å². The number of nitrogens with zero attached hydrogens (tertiary/aromatic N) is 1. The molecular formula is C14H24N2O2S. The highest BCUT2D eigenvalue weighted by Crippen LogP contribution is 2.51. The van der Waals surface area contributed by atoms with E-state index in [0.29, 0.717) is 11.5 Å². The van der Waals surface area contributed by atoms with Gasteiger partial charge in [-0.3, -0.25) is 0 Å². The molecule has 0 amide bonds.